The van der Waals surface area contributed by atoms with Crippen molar-refractivity contribution >= 4 is 16.8 Å². The minimum atomic E-state index is -0.319. The number of unbranched alkanes of at least 4 members (excludes halogenated alkanes) is 3. The Morgan fingerprint density at radius 3 is 2.52 bits per heavy atom. The van der Waals surface area contributed by atoms with E-state index in [4.69, 9.17) is 4.98 Å². The first-order chi connectivity index (χ1) is 15.9. The van der Waals surface area contributed by atoms with Gasteiger partial charge in [-0.2, -0.15) is 0 Å². The third-order valence-corrected chi connectivity index (χ3v) is 6.28. The number of aromatic nitrogens is 2. The maximum Gasteiger partial charge on any atom is 0.266 e. The molecule has 0 saturated carbocycles. The molecule has 0 fully saturated rings. The summed E-state index contributed by atoms with van der Waals surface area (Å²) >= 11 is 0. The van der Waals surface area contributed by atoms with Crippen LogP contribution in [0, 0.1) is 13.8 Å². The van der Waals surface area contributed by atoms with Gasteiger partial charge in [0.05, 0.1) is 22.6 Å². The number of hydrogen-bond acceptors (Lipinski definition) is 3. The SMILES string of the molecule is CCCCCCC(=O)N(CCC)C(C)c1nc2ccccc2c(=O)n1-c1cc(C)ccc1C. The molecule has 1 aromatic heterocycles. The molecule has 5 nitrogen and oxygen atoms in total. The summed E-state index contributed by atoms with van der Waals surface area (Å²) in [5, 5.41) is 0.585. The topological polar surface area (TPSA) is 55.2 Å². The second-order valence-corrected chi connectivity index (χ2v) is 8.99. The fraction of sp³-hybridized carbons (Fsp3) is 0.464. The van der Waals surface area contributed by atoms with Crippen LogP contribution in [-0.4, -0.2) is 26.9 Å². The van der Waals surface area contributed by atoms with Crippen LogP contribution in [0.5, 0.6) is 0 Å². The van der Waals surface area contributed by atoms with Gasteiger partial charge < -0.3 is 4.90 Å². The number of amides is 1. The molecule has 0 radical (unpaired) electrons. The van der Waals surface area contributed by atoms with E-state index in [-0.39, 0.29) is 17.5 Å². The van der Waals surface area contributed by atoms with Crippen molar-refractivity contribution in [1.29, 1.82) is 0 Å². The predicted octanol–water partition coefficient (Wildman–Crippen LogP) is 6.27. The van der Waals surface area contributed by atoms with Crippen LogP contribution < -0.4 is 5.56 Å². The van der Waals surface area contributed by atoms with Crippen LogP contribution in [-0.2, 0) is 4.79 Å². The van der Waals surface area contributed by atoms with Gasteiger partial charge in [-0.05, 0) is 62.9 Å². The molecule has 0 aliphatic heterocycles. The predicted molar refractivity (Wildman–Crippen MR) is 136 cm³/mol. The average molecular weight is 448 g/mol. The maximum absolute atomic E-state index is 13.7. The van der Waals surface area contributed by atoms with E-state index in [0.717, 1.165) is 48.9 Å². The van der Waals surface area contributed by atoms with Gasteiger partial charge in [-0.3, -0.25) is 14.2 Å². The van der Waals surface area contributed by atoms with Gasteiger partial charge in [-0.1, -0.05) is 57.4 Å². The van der Waals surface area contributed by atoms with Crippen LogP contribution in [0.1, 0.15) is 82.3 Å². The van der Waals surface area contributed by atoms with Crippen molar-refractivity contribution in [1.82, 2.24) is 14.5 Å². The minimum Gasteiger partial charge on any atom is -0.333 e. The van der Waals surface area contributed by atoms with Gasteiger partial charge >= 0.3 is 0 Å². The van der Waals surface area contributed by atoms with E-state index in [1.54, 1.807) is 4.57 Å². The first-order valence-corrected chi connectivity index (χ1v) is 12.3. The molecule has 0 bridgehead atoms. The van der Waals surface area contributed by atoms with Crippen LogP contribution in [0.3, 0.4) is 0 Å². The number of rotatable bonds is 10. The maximum atomic E-state index is 13.7. The number of benzene rings is 2. The lowest BCUT2D eigenvalue weighted by molar-refractivity contribution is -0.133. The van der Waals surface area contributed by atoms with Crippen molar-refractivity contribution in [3.63, 3.8) is 0 Å². The number of carbonyl (C=O) groups excluding carboxylic acids is 1. The molecule has 1 heterocycles. The third kappa shape index (κ3) is 5.52. The summed E-state index contributed by atoms with van der Waals surface area (Å²) in [6, 6.07) is 13.2. The fourth-order valence-corrected chi connectivity index (χ4v) is 4.38. The standard InChI is InChI=1S/C28H37N3O2/c1-6-8-9-10-15-26(32)30(18-7-2)22(5)27-29-24-14-12-11-13-23(24)28(33)31(27)25-19-20(3)16-17-21(25)4/h11-14,16-17,19,22H,6-10,15,18H2,1-5H3. The molecule has 0 saturated heterocycles. The molecule has 3 aromatic rings. The molecule has 33 heavy (non-hydrogen) atoms. The van der Waals surface area contributed by atoms with Crippen LogP contribution in [0.25, 0.3) is 16.6 Å². The minimum absolute atomic E-state index is 0.0945. The van der Waals surface area contributed by atoms with E-state index < -0.39 is 0 Å². The molecular weight excluding hydrogens is 410 g/mol. The highest BCUT2D eigenvalue weighted by molar-refractivity contribution is 5.79. The Morgan fingerprint density at radius 1 is 1.03 bits per heavy atom. The van der Waals surface area contributed by atoms with E-state index in [1.165, 1.54) is 0 Å². The Hall–Kier alpha value is -2.95. The van der Waals surface area contributed by atoms with Crippen LogP contribution in [0.4, 0.5) is 0 Å². The van der Waals surface area contributed by atoms with Crippen molar-refractivity contribution in [3.05, 3.63) is 69.8 Å². The second kappa shape index (κ2) is 11.3. The van der Waals surface area contributed by atoms with Gasteiger partial charge in [-0.25, -0.2) is 4.98 Å². The summed E-state index contributed by atoms with van der Waals surface area (Å²) in [6.45, 7) is 10.9. The molecule has 0 spiro atoms. The molecule has 176 valence electrons. The highest BCUT2D eigenvalue weighted by Gasteiger charge is 2.26. The van der Waals surface area contributed by atoms with Gasteiger partial charge in [0.1, 0.15) is 5.82 Å². The number of hydrogen-bond donors (Lipinski definition) is 0. The summed E-state index contributed by atoms with van der Waals surface area (Å²) in [5.41, 5.74) is 3.47. The lowest BCUT2D eigenvalue weighted by Gasteiger charge is -2.31. The first kappa shape index (κ1) is 24.7. The zero-order valence-corrected chi connectivity index (χ0v) is 20.7. The first-order valence-electron chi connectivity index (χ1n) is 12.3. The summed E-state index contributed by atoms with van der Waals surface area (Å²) in [4.78, 5) is 33.8. The highest BCUT2D eigenvalue weighted by atomic mass is 16.2. The van der Waals surface area contributed by atoms with E-state index in [0.29, 0.717) is 29.7 Å². The van der Waals surface area contributed by atoms with Crippen LogP contribution >= 0.6 is 0 Å². The Labute approximate surface area is 197 Å². The summed E-state index contributed by atoms with van der Waals surface area (Å²) in [6.07, 6.45) is 5.64. The molecule has 5 heteroatoms. The number of para-hydroxylation sites is 1. The number of nitrogens with zero attached hydrogens (tertiary/aromatic N) is 3. The average Bonchev–Trinajstić information content (AvgIpc) is 2.81. The Morgan fingerprint density at radius 2 is 1.79 bits per heavy atom. The van der Waals surface area contributed by atoms with Crippen molar-refractivity contribution in [2.24, 2.45) is 0 Å². The van der Waals surface area contributed by atoms with Crippen LogP contribution in [0.15, 0.2) is 47.3 Å². The van der Waals surface area contributed by atoms with Gasteiger partial charge in [0.2, 0.25) is 5.91 Å². The largest absolute Gasteiger partial charge is 0.333 e. The molecular formula is C28H37N3O2. The number of aryl methyl sites for hydroxylation is 2. The van der Waals surface area contributed by atoms with E-state index in [1.807, 2.05) is 68.1 Å². The molecule has 0 N–H and O–H groups in total. The van der Waals surface area contributed by atoms with Gasteiger partial charge in [0.25, 0.3) is 5.56 Å². The van der Waals surface area contributed by atoms with Crippen molar-refractivity contribution in [3.8, 4) is 5.69 Å². The Balaban J connectivity index is 2.14. The van der Waals surface area contributed by atoms with Crippen molar-refractivity contribution in [2.75, 3.05) is 6.54 Å². The van der Waals surface area contributed by atoms with Gasteiger partial charge in [0.15, 0.2) is 0 Å². The quantitative estimate of drug-likeness (QED) is 0.344. The fourth-order valence-electron chi connectivity index (χ4n) is 4.38. The molecule has 0 aliphatic rings. The van der Waals surface area contributed by atoms with Crippen molar-refractivity contribution < 1.29 is 4.79 Å². The summed E-state index contributed by atoms with van der Waals surface area (Å²) in [7, 11) is 0. The number of fused-ring (bicyclic) bond motifs is 1. The smallest absolute Gasteiger partial charge is 0.266 e. The Kier molecular flexibility index (Phi) is 8.43. The molecule has 1 amide bonds. The van der Waals surface area contributed by atoms with Crippen LogP contribution in [0.2, 0.25) is 0 Å². The van der Waals surface area contributed by atoms with E-state index >= 15 is 0 Å². The lowest BCUT2D eigenvalue weighted by atomic mass is 10.1. The summed E-state index contributed by atoms with van der Waals surface area (Å²) < 4.78 is 1.72. The van der Waals surface area contributed by atoms with Gasteiger partial charge in [0, 0.05) is 13.0 Å². The summed E-state index contributed by atoms with van der Waals surface area (Å²) in [5.74, 6) is 0.748. The van der Waals surface area contributed by atoms with Crippen molar-refractivity contribution in [2.45, 2.75) is 79.2 Å². The van der Waals surface area contributed by atoms with Gasteiger partial charge in [-0.15, -0.1) is 0 Å². The molecule has 0 aliphatic carbocycles. The monoisotopic (exact) mass is 447 g/mol. The molecule has 2 aromatic carbocycles. The lowest BCUT2D eigenvalue weighted by Crippen LogP contribution is -2.38. The Bertz CT molecular complexity index is 1170. The van der Waals surface area contributed by atoms with E-state index in [2.05, 4.69) is 13.8 Å². The van der Waals surface area contributed by atoms with E-state index in [9.17, 15) is 9.59 Å². The zero-order chi connectivity index (χ0) is 24.0. The highest BCUT2D eigenvalue weighted by Crippen LogP contribution is 2.26. The molecule has 1 atom stereocenters. The second-order valence-electron chi connectivity index (χ2n) is 8.99. The number of carbonyl (C=O) groups is 1. The molecule has 1 unspecified atom stereocenters. The zero-order valence-electron chi connectivity index (χ0n) is 20.7. The normalized spacial score (nSPS) is 12.2. The molecule has 3 rings (SSSR count). The third-order valence-electron chi connectivity index (χ3n) is 6.28.